The van der Waals surface area contributed by atoms with Crippen LogP contribution in [0, 0.1) is 34.0 Å². The summed E-state index contributed by atoms with van der Waals surface area (Å²) < 4.78 is 4.49. The largest absolute Gasteiger partial charge is 0.309 e. The third-order valence-electron chi connectivity index (χ3n) is 9.56. The zero-order chi connectivity index (χ0) is 33.8. The first-order chi connectivity index (χ1) is 24.6. The van der Waals surface area contributed by atoms with E-state index in [4.69, 9.17) is 0 Å². The number of nitriles is 3. The van der Waals surface area contributed by atoms with Crippen molar-refractivity contribution in [2.24, 2.45) is 0 Å². The summed E-state index contributed by atoms with van der Waals surface area (Å²) in [4.78, 5) is 0. The smallest absolute Gasteiger partial charge is 0.0992 e. The molecule has 9 aromatic rings. The van der Waals surface area contributed by atoms with E-state index in [1.54, 1.807) is 0 Å². The first-order valence-corrected chi connectivity index (χ1v) is 16.3. The Morgan fingerprint density at radius 1 is 0.360 bits per heavy atom. The van der Waals surface area contributed by atoms with Gasteiger partial charge in [0.2, 0.25) is 0 Å². The fourth-order valence-corrected chi connectivity index (χ4v) is 7.37. The molecule has 0 unspecified atom stereocenters. The number of hydrogen-bond donors (Lipinski definition) is 0. The van der Waals surface area contributed by atoms with Crippen molar-refractivity contribution in [3.8, 4) is 51.8 Å². The van der Waals surface area contributed by atoms with E-state index < -0.39 is 0 Å². The van der Waals surface area contributed by atoms with Gasteiger partial charge in [-0.2, -0.15) is 15.8 Å². The molecule has 5 heteroatoms. The number of hydrogen-bond acceptors (Lipinski definition) is 3. The minimum absolute atomic E-state index is 0.569. The van der Waals surface area contributed by atoms with Crippen LogP contribution in [-0.4, -0.2) is 9.13 Å². The number of fused-ring (bicyclic) bond motifs is 6. The van der Waals surface area contributed by atoms with Crippen molar-refractivity contribution in [1.82, 2.24) is 9.13 Å². The summed E-state index contributed by atoms with van der Waals surface area (Å²) in [6.45, 7) is 0. The summed E-state index contributed by atoms with van der Waals surface area (Å²) >= 11 is 0. The monoisotopic (exact) mass is 635 g/mol. The average Bonchev–Trinajstić information content (AvgIpc) is 3.69. The number of rotatable bonds is 4. The molecule has 2 aromatic heterocycles. The van der Waals surface area contributed by atoms with E-state index in [2.05, 4.69) is 94.1 Å². The van der Waals surface area contributed by atoms with Gasteiger partial charge in [-0.25, -0.2) is 0 Å². The molecular formula is C45H25N5. The van der Waals surface area contributed by atoms with Gasteiger partial charge in [0.15, 0.2) is 0 Å². The predicted molar refractivity (Wildman–Crippen MR) is 200 cm³/mol. The Morgan fingerprint density at radius 3 is 1.60 bits per heavy atom. The molecule has 0 aliphatic rings. The van der Waals surface area contributed by atoms with E-state index in [1.807, 2.05) is 84.9 Å². The second-order valence-corrected chi connectivity index (χ2v) is 12.4. The predicted octanol–water partition coefficient (Wildman–Crippen LogP) is 10.8. The van der Waals surface area contributed by atoms with Gasteiger partial charge in [-0.15, -0.1) is 0 Å². The minimum Gasteiger partial charge on any atom is -0.309 e. The van der Waals surface area contributed by atoms with Crippen LogP contribution in [0.25, 0.3) is 77.2 Å². The Kier molecular flexibility index (Phi) is 6.56. The van der Waals surface area contributed by atoms with Gasteiger partial charge >= 0.3 is 0 Å². The third-order valence-corrected chi connectivity index (χ3v) is 9.56. The zero-order valence-corrected chi connectivity index (χ0v) is 26.7. The molecule has 0 atom stereocenters. The molecule has 0 amide bonds. The lowest BCUT2D eigenvalue weighted by Gasteiger charge is -2.16. The molecular weight excluding hydrogens is 611 g/mol. The van der Waals surface area contributed by atoms with E-state index in [0.717, 1.165) is 77.2 Å². The van der Waals surface area contributed by atoms with Crippen LogP contribution < -0.4 is 0 Å². The number of benzene rings is 7. The van der Waals surface area contributed by atoms with Crippen molar-refractivity contribution < 1.29 is 0 Å². The second kappa shape index (κ2) is 11.4. The molecule has 0 N–H and O–H groups in total. The summed E-state index contributed by atoms with van der Waals surface area (Å²) in [5, 5.41) is 33.7. The lowest BCUT2D eigenvalue weighted by Crippen LogP contribution is -1.98. The van der Waals surface area contributed by atoms with Gasteiger partial charge in [0.25, 0.3) is 0 Å². The molecule has 0 aliphatic heterocycles. The molecule has 0 fully saturated rings. The summed E-state index contributed by atoms with van der Waals surface area (Å²) in [6, 6.07) is 57.9. The van der Waals surface area contributed by atoms with E-state index in [9.17, 15) is 15.8 Å². The maximum absolute atomic E-state index is 10.2. The van der Waals surface area contributed by atoms with Crippen molar-refractivity contribution in [3.63, 3.8) is 0 Å². The highest BCUT2D eigenvalue weighted by Gasteiger charge is 2.18. The SMILES string of the molecule is N#Cc1cc(-c2cccc(-n3c4ccccc4c4cc(C#N)ccc43)c2)cc(-c2ccccc2-n2c3ccccc3c3cc(C#N)ccc32)c1. The molecule has 7 aromatic carbocycles. The van der Waals surface area contributed by atoms with E-state index >= 15 is 0 Å². The number of aromatic nitrogens is 2. The average molecular weight is 636 g/mol. The van der Waals surface area contributed by atoms with Crippen LogP contribution >= 0.6 is 0 Å². The lowest BCUT2D eigenvalue weighted by molar-refractivity contribution is 1.18. The zero-order valence-electron chi connectivity index (χ0n) is 26.7. The Balaban J connectivity index is 1.23. The number of nitrogens with zero attached hydrogens (tertiary/aromatic N) is 5. The topological polar surface area (TPSA) is 81.2 Å². The molecule has 0 saturated heterocycles. The van der Waals surface area contributed by atoms with Crippen molar-refractivity contribution >= 4 is 43.6 Å². The minimum atomic E-state index is 0.569. The van der Waals surface area contributed by atoms with E-state index in [0.29, 0.717) is 16.7 Å². The van der Waals surface area contributed by atoms with Gasteiger partial charge in [0, 0.05) is 32.8 Å². The highest BCUT2D eigenvalue weighted by Crippen LogP contribution is 2.39. The Morgan fingerprint density at radius 2 is 0.920 bits per heavy atom. The quantitative estimate of drug-likeness (QED) is 0.193. The third kappa shape index (κ3) is 4.45. The molecule has 2 heterocycles. The van der Waals surface area contributed by atoms with Gasteiger partial charge in [0.1, 0.15) is 0 Å². The van der Waals surface area contributed by atoms with Gasteiger partial charge in [-0.1, -0.05) is 66.7 Å². The Labute approximate surface area is 287 Å². The highest BCUT2D eigenvalue weighted by atomic mass is 15.0. The van der Waals surface area contributed by atoms with Crippen LogP contribution in [0.5, 0.6) is 0 Å². The van der Waals surface area contributed by atoms with Crippen LogP contribution in [0.2, 0.25) is 0 Å². The molecule has 50 heavy (non-hydrogen) atoms. The van der Waals surface area contributed by atoms with Crippen LogP contribution in [0.1, 0.15) is 16.7 Å². The second-order valence-electron chi connectivity index (χ2n) is 12.4. The van der Waals surface area contributed by atoms with Gasteiger partial charge in [-0.05, 0) is 102 Å². The van der Waals surface area contributed by atoms with Gasteiger partial charge in [-0.3, -0.25) is 0 Å². The highest BCUT2D eigenvalue weighted by molar-refractivity contribution is 6.11. The standard InChI is InChI=1S/C45H25N5/c46-26-29-16-18-44-39(22-29)37-11-2-5-14-42(37)49(44)35-9-7-8-32(25-35)33-20-31(28-48)21-34(24-33)36-10-1-4-13-41(36)50-43-15-6-3-12-38(43)40-23-30(27-47)17-19-45(40)50/h1-25H. The van der Waals surface area contributed by atoms with Crippen LogP contribution in [0.4, 0.5) is 0 Å². The maximum Gasteiger partial charge on any atom is 0.0992 e. The van der Waals surface area contributed by atoms with Crippen molar-refractivity contribution in [2.45, 2.75) is 0 Å². The van der Waals surface area contributed by atoms with Crippen LogP contribution in [0.3, 0.4) is 0 Å². The summed E-state index contributed by atoms with van der Waals surface area (Å²) in [6.07, 6.45) is 0. The van der Waals surface area contributed by atoms with Crippen LogP contribution in [0.15, 0.2) is 152 Å². The fraction of sp³-hybridized carbons (Fsp3) is 0. The summed E-state index contributed by atoms with van der Waals surface area (Å²) in [7, 11) is 0. The summed E-state index contributed by atoms with van der Waals surface area (Å²) in [5.41, 5.74) is 11.8. The first kappa shape index (κ1) is 28.8. The fourth-order valence-electron chi connectivity index (χ4n) is 7.37. The molecule has 5 nitrogen and oxygen atoms in total. The molecule has 0 spiro atoms. The van der Waals surface area contributed by atoms with E-state index in [-0.39, 0.29) is 0 Å². The Hall–Kier alpha value is -7.39. The van der Waals surface area contributed by atoms with Gasteiger partial charge < -0.3 is 9.13 Å². The lowest BCUT2D eigenvalue weighted by atomic mass is 9.95. The van der Waals surface area contributed by atoms with Crippen LogP contribution in [-0.2, 0) is 0 Å². The molecule has 0 saturated carbocycles. The Bertz CT molecular complexity index is 2970. The molecule has 0 radical (unpaired) electrons. The summed E-state index contributed by atoms with van der Waals surface area (Å²) in [5.74, 6) is 0. The number of para-hydroxylation sites is 3. The van der Waals surface area contributed by atoms with Crippen molar-refractivity contribution in [1.29, 1.82) is 15.8 Å². The van der Waals surface area contributed by atoms with E-state index in [1.165, 1.54) is 0 Å². The first-order valence-electron chi connectivity index (χ1n) is 16.3. The van der Waals surface area contributed by atoms with Crippen molar-refractivity contribution in [3.05, 3.63) is 168 Å². The normalized spacial score (nSPS) is 11.1. The molecule has 0 aliphatic carbocycles. The molecule has 230 valence electrons. The molecule has 0 bridgehead atoms. The maximum atomic E-state index is 10.2. The van der Waals surface area contributed by atoms with Gasteiger partial charge in [0.05, 0.1) is 62.7 Å². The molecule has 9 rings (SSSR count). The van der Waals surface area contributed by atoms with Crippen molar-refractivity contribution in [2.75, 3.05) is 0 Å².